The SMILES string of the molecule is CC(C)n1nc(C(=O)OC(C)(C)C)cc1CN1CCOCC1. The van der Waals surface area contributed by atoms with Gasteiger partial charge in [0.2, 0.25) is 0 Å². The van der Waals surface area contributed by atoms with Gasteiger partial charge in [-0.25, -0.2) is 4.79 Å². The fraction of sp³-hybridized carbons (Fsp3) is 0.750. The maximum Gasteiger partial charge on any atom is 0.359 e. The van der Waals surface area contributed by atoms with Crippen LogP contribution < -0.4 is 0 Å². The minimum atomic E-state index is -0.511. The van der Waals surface area contributed by atoms with Crippen LogP contribution in [0.25, 0.3) is 0 Å². The van der Waals surface area contributed by atoms with Crippen molar-refractivity contribution in [1.29, 1.82) is 0 Å². The van der Waals surface area contributed by atoms with E-state index in [2.05, 4.69) is 23.8 Å². The molecule has 2 heterocycles. The monoisotopic (exact) mass is 309 g/mol. The Morgan fingerprint density at radius 3 is 2.55 bits per heavy atom. The molecular formula is C16H27N3O3. The first-order chi connectivity index (χ1) is 10.3. The van der Waals surface area contributed by atoms with Gasteiger partial charge in [-0.2, -0.15) is 5.10 Å². The first-order valence-corrected chi connectivity index (χ1v) is 7.88. The van der Waals surface area contributed by atoms with Gasteiger partial charge in [-0.05, 0) is 40.7 Å². The molecular weight excluding hydrogens is 282 g/mol. The van der Waals surface area contributed by atoms with Crippen LogP contribution in [0.4, 0.5) is 0 Å². The summed E-state index contributed by atoms with van der Waals surface area (Å²) in [6.45, 7) is 13.8. The Hall–Kier alpha value is -1.40. The van der Waals surface area contributed by atoms with E-state index in [1.807, 2.05) is 31.5 Å². The lowest BCUT2D eigenvalue weighted by molar-refractivity contribution is 0.00617. The van der Waals surface area contributed by atoms with Crippen LogP contribution in [-0.2, 0) is 16.0 Å². The van der Waals surface area contributed by atoms with Crippen LogP contribution in [0.5, 0.6) is 0 Å². The molecule has 0 bridgehead atoms. The smallest absolute Gasteiger partial charge is 0.359 e. The van der Waals surface area contributed by atoms with Gasteiger partial charge in [-0.15, -0.1) is 0 Å². The average molecular weight is 309 g/mol. The van der Waals surface area contributed by atoms with E-state index in [1.165, 1.54) is 0 Å². The summed E-state index contributed by atoms with van der Waals surface area (Å²) >= 11 is 0. The highest BCUT2D eigenvalue weighted by Gasteiger charge is 2.23. The van der Waals surface area contributed by atoms with Crippen molar-refractivity contribution < 1.29 is 14.3 Å². The van der Waals surface area contributed by atoms with Crippen molar-refractivity contribution in [3.05, 3.63) is 17.5 Å². The number of morpholine rings is 1. The standard InChI is InChI=1S/C16H27N3O3/c1-12(2)19-13(11-18-6-8-21-9-7-18)10-14(17-19)15(20)22-16(3,4)5/h10,12H,6-9,11H2,1-5H3. The summed E-state index contributed by atoms with van der Waals surface area (Å²) in [5.74, 6) is -0.366. The van der Waals surface area contributed by atoms with Crippen LogP contribution in [0.2, 0.25) is 0 Å². The zero-order valence-corrected chi connectivity index (χ0v) is 14.3. The Kier molecular flexibility index (Phi) is 5.24. The Balaban J connectivity index is 2.16. The van der Waals surface area contributed by atoms with Gasteiger partial charge in [-0.3, -0.25) is 9.58 Å². The molecule has 1 saturated heterocycles. The molecule has 6 heteroatoms. The Morgan fingerprint density at radius 1 is 1.36 bits per heavy atom. The molecule has 1 aliphatic heterocycles. The molecule has 0 aliphatic carbocycles. The maximum atomic E-state index is 12.2. The molecule has 0 spiro atoms. The quantitative estimate of drug-likeness (QED) is 0.799. The first kappa shape index (κ1) is 17.0. The first-order valence-electron chi connectivity index (χ1n) is 7.88. The molecule has 0 saturated carbocycles. The normalized spacial score (nSPS) is 17.0. The second-order valence-corrected chi connectivity index (χ2v) is 6.95. The summed E-state index contributed by atoms with van der Waals surface area (Å²) < 4.78 is 12.7. The van der Waals surface area contributed by atoms with Crippen molar-refractivity contribution in [3.63, 3.8) is 0 Å². The summed E-state index contributed by atoms with van der Waals surface area (Å²) in [4.78, 5) is 14.5. The largest absolute Gasteiger partial charge is 0.455 e. The zero-order valence-electron chi connectivity index (χ0n) is 14.3. The molecule has 1 aromatic heterocycles. The average Bonchev–Trinajstić information content (AvgIpc) is 2.82. The summed E-state index contributed by atoms with van der Waals surface area (Å²) in [5.41, 5.74) is 0.910. The molecule has 1 fully saturated rings. The minimum absolute atomic E-state index is 0.201. The van der Waals surface area contributed by atoms with Gasteiger partial charge in [0.25, 0.3) is 0 Å². The predicted octanol–water partition coefficient (Wildman–Crippen LogP) is 2.25. The zero-order chi connectivity index (χ0) is 16.3. The van der Waals surface area contributed by atoms with E-state index in [1.54, 1.807) is 0 Å². The van der Waals surface area contributed by atoms with E-state index in [0.717, 1.165) is 38.5 Å². The summed E-state index contributed by atoms with van der Waals surface area (Å²) in [6, 6.07) is 2.05. The molecule has 0 amide bonds. The molecule has 22 heavy (non-hydrogen) atoms. The number of nitrogens with zero attached hydrogens (tertiary/aromatic N) is 3. The van der Waals surface area contributed by atoms with Crippen molar-refractivity contribution in [2.24, 2.45) is 0 Å². The van der Waals surface area contributed by atoms with Crippen molar-refractivity contribution in [2.75, 3.05) is 26.3 Å². The third-order valence-corrected chi connectivity index (χ3v) is 3.40. The van der Waals surface area contributed by atoms with Gasteiger partial charge in [0.1, 0.15) is 5.60 Å². The number of hydrogen-bond donors (Lipinski definition) is 0. The lowest BCUT2D eigenvalue weighted by Crippen LogP contribution is -2.36. The molecule has 6 nitrogen and oxygen atoms in total. The van der Waals surface area contributed by atoms with E-state index in [9.17, 15) is 4.79 Å². The fourth-order valence-corrected chi connectivity index (χ4v) is 2.42. The van der Waals surface area contributed by atoms with Crippen LogP contribution in [0, 0.1) is 0 Å². The summed E-state index contributed by atoms with van der Waals surface area (Å²) in [7, 11) is 0. The number of hydrogen-bond acceptors (Lipinski definition) is 5. The molecule has 1 aliphatic rings. The van der Waals surface area contributed by atoms with Crippen LogP contribution in [0.1, 0.15) is 56.8 Å². The van der Waals surface area contributed by atoms with E-state index in [4.69, 9.17) is 9.47 Å². The molecule has 0 N–H and O–H groups in total. The molecule has 0 unspecified atom stereocenters. The Morgan fingerprint density at radius 2 is 2.00 bits per heavy atom. The van der Waals surface area contributed by atoms with Gasteiger partial charge in [0, 0.05) is 25.7 Å². The van der Waals surface area contributed by atoms with Gasteiger partial charge >= 0.3 is 5.97 Å². The predicted molar refractivity (Wildman–Crippen MR) is 83.9 cm³/mol. The van der Waals surface area contributed by atoms with E-state index < -0.39 is 5.60 Å². The summed E-state index contributed by atoms with van der Waals surface area (Å²) in [6.07, 6.45) is 0. The maximum absolute atomic E-state index is 12.2. The van der Waals surface area contributed by atoms with Gasteiger partial charge in [-0.1, -0.05) is 0 Å². The third-order valence-electron chi connectivity index (χ3n) is 3.40. The fourth-order valence-electron chi connectivity index (χ4n) is 2.42. The van der Waals surface area contributed by atoms with Crippen molar-refractivity contribution in [2.45, 2.75) is 52.8 Å². The lowest BCUT2D eigenvalue weighted by atomic mass is 10.2. The van der Waals surface area contributed by atoms with Gasteiger partial charge in [0.15, 0.2) is 5.69 Å². The summed E-state index contributed by atoms with van der Waals surface area (Å²) in [5, 5.41) is 4.44. The highest BCUT2D eigenvalue weighted by Crippen LogP contribution is 2.17. The number of carbonyl (C=O) groups excluding carboxylic acids is 1. The minimum Gasteiger partial charge on any atom is -0.455 e. The van der Waals surface area contributed by atoms with E-state index in [-0.39, 0.29) is 12.0 Å². The number of ether oxygens (including phenoxy) is 2. The molecule has 0 radical (unpaired) electrons. The van der Waals surface area contributed by atoms with Crippen molar-refractivity contribution >= 4 is 5.97 Å². The topological polar surface area (TPSA) is 56.6 Å². The lowest BCUT2D eigenvalue weighted by Gasteiger charge is -2.27. The number of carbonyl (C=O) groups is 1. The second kappa shape index (κ2) is 6.79. The van der Waals surface area contributed by atoms with Crippen molar-refractivity contribution in [3.8, 4) is 0 Å². The molecule has 1 aromatic rings. The van der Waals surface area contributed by atoms with Crippen molar-refractivity contribution in [1.82, 2.24) is 14.7 Å². The van der Waals surface area contributed by atoms with Crippen LogP contribution in [-0.4, -0.2) is 52.6 Å². The molecule has 0 atom stereocenters. The highest BCUT2D eigenvalue weighted by molar-refractivity contribution is 5.87. The second-order valence-electron chi connectivity index (χ2n) is 6.95. The van der Waals surface area contributed by atoms with Crippen LogP contribution in [0.15, 0.2) is 6.07 Å². The number of aromatic nitrogens is 2. The van der Waals surface area contributed by atoms with Crippen LogP contribution in [0.3, 0.4) is 0 Å². The van der Waals surface area contributed by atoms with Gasteiger partial charge in [0.05, 0.1) is 18.9 Å². The Labute approximate surface area is 132 Å². The number of rotatable bonds is 4. The highest BCUT2D eigenvalue weighted by atomic mass is 16.6. The molecule has 124 valence electrons. The Bertz CT molecular complexity index is 511. The third kappa shape index (κ3) is 4.55. The number of esters is 1. The van der Waals surface area contributed by atoms with Crippen LogP contribution >= 0.6 is 0 Å². The molecule has 0 aromatic carbocycles. The van der Waals surface area contributed by atoms with Gasteiger partial charge < -0.3 is 9.47 Å². The van der Waals surface area contributed by atoms with E-state index >= 15 is 0 Å². The molecule has 2 rings (SSSR count). The van der Waals surface area contributed by atoms with E-state index in [0.29, 0.717) is 5.69 Å².